The molecule has 0 bridgehead atoms. The van der Waals surface area contributed by atoms with Crippen molar-refractivity contribution in [2.75, 3.05) is 43.4 Å². The Morgan fingerprint density at radius 3 is 2.65 bits per heavy atom. The average molecular weight is 418 g/mol. The van der Waals surface area contributed by atoms with Crippen LogP contribution in [0.1, 0.15) is 35.6 Å². The van der Waals surface area contributed by atoms with Crippen molar-refractivity contribution in [2.45, 2.75) is 25.3 Å². The number of likely N-dealkylation sites (N-methyl/N-ethyl adjacent to an activating group) is 1. The van der Waals surface area contributed by atoms with Gasteiger partial charge in [-0.1, -0.05) is 24.3 Å². The molecule has 2 aliphatic heterocycles. The summed E-state index contributed by atoms with van der Waals surface area (Å²) in [5.74, 6) is -1.46. The second-order valence-electron chi connectivity index (χ2n) is 8.14. The number of nitriles is 1. The van der Waals surface area contributed by atoms with Gasteiger partial charge in [0, 0.05) is 25.8 Å². The molecule has 31 heavy (non-hydrogen) atoms. The van der Waals surface area contributed by atoms with Crippen molar-refractivity contribution < 1.29 is 9.59 Å². The van der Waals surface area contributed by atoms with Gasteiger partial charge >= 0.3 is 11.8 Å². The van der Waals surface area contributed by atoms with Crippen LogP contribution in [-0.4, -0.2) is 49.9 Å². The zero-order valence-electron chi connectivity index (χ0n) is 17.7. The van der Waals surface area contributed by atoms with Crippen LogP contribution in [0.15, 0.2) is 42.5 Å². The summed E-state index contributed by atoms with van der Waals surface area (Å²) < 4.78 is 0. The first-order valence-corrected chi connectivity index (χ1v) is 10.7. The normalized spacial score (nSPS) is 16.5. The molecule has 0 aliphatic carbocycles. The maximum Gasteiger partial charge on any atom is 0.313 e. The summed E-state index contributed by atoms with van der Waals surface area (Å²) in [7, 11) is 2.10. The number of anilines is 2. The lowest BCUT2D eigenvalue weighted by Crippen LogP contribution is -2.41. The molecule has 1 atom stereocenters. The zero-order chi connectivity index (χ0) is 21.8. The van der Waals surface area contributed by atoms with Crippen LogP contribution in [0.3, 0.4) is 0 Å². The molecule has 0 radical (unpaired) electrons. The number of nitrogens with zero attached hydrogens (tertiary/aromatic N) is 3. The number of likely N-dealkylation sites (tertiary alicyclic amines) is 1. The number of nitrogens with one attached hydrogen (secondary N) is 2. The number of para-hydroxylation sites is 1. The van der Waals surface area contributed by atoms with Gasteiger partial charge in [-0.25, -0.2) is 0 Å². The zero-order valence-corrected chi connectivity index (χ0v) is 17.7. The number of carbonyl (C=O) groups is 2. The molecule has 2 amide bonds. The Morgan fingerprint density at radius 2 is 1.87 bits per heavy atom. The van der Waals surface area contributed by atoms with Gasteiger partial charge in [-0.05, 0) is 61.7 Å². The molecule has 2 aromatic rings. The number of hydrogen-bond acceptors (Lipinski definition) is 5. The van der Waals surface area contributed by atoms with Crippen LogP contribution in [0.4, 0.5) is 11.4 Å². The molecule has 2 aromatic carbocycles. The second-order valence-corrected chi connectivity index (χ2v) is 8.14. The molecule has 2 N–H and O–H groups in total. The van der Waals surface area contributed by atoms with E-state index < -0.39 is 11.8 Å². The van der Waals surface area contributed by atoms with Crippen LogP contribution in [0.25, 0.3) is 0 Å². The Morgan fingerprint density at radius 1 is 1.10 bits per heavy atom. The SMILES string of the molecule is CN1CCc2cc(C(CNC(=O)C(=O)Nc3ccccc3C#N)N3CCCC3)ccc21. The molecule has 1 saturated heterocycles. The third kappa shape index (κ3) is 4.54. The van der Waals surface area contributed by atoms with Gasteiger partial charge in [-0.2, -0.15) is 5.26 Å². The van der Waals surface area contributed by atoms with Crippen LogP contribution in [0, 0.1) is 11.3 Å². The minimum atomic E-state index is -0.765. The Kier molecular flexibility index (Phi) is 6.19. The Labute approximate surface area is 182 Å². The molecule has 4 rings (SSSR count). The fourth-order valence-corrected chi connectivity index (χ4v) is 4.44. The lowest BCUT2D eigenvalue weighted by Gasteiger charge is -2.28. The molecular weight excluding hydrogens is 390 g/mol. The molecule has 0 saturated carbocycles. The molecule has 0 spiro atoms. The van der Waals surface area contributed by atoms with Crippen molar-refractivity contribution in [2.24, 2.45) is 0 Å². The third-order valence-electron chi connectivity index (χ3n) is 6.16. The monoisotopic (exact) mass is 417 g/mol. The molecule has 1 unspecified atom stereocenters. The second kappa shape index (κ2) is 9.19. The third-order valence-corrected chi connectivity index (χ3v) is 6.16. The highest BCUT2D eigenvalue weighted by Crippen LogP contribution is 2.32. The van der Waals surface area contributed by atoms with Gasteiger partial charge < -0.3 is 15.5 Å². The summed E-state index contributed by atoms with van der Waals surface area (Å²) in [6, 6.07) is 15.2. The Balaban J connectivity index is 1.45. The number of amides is 2. The van der Waals surface area contributed by atoms with Gasteiger partial charge in [0.1, 0.15) is 6.07 Å². The first kappa shape index (κ1) is 20.9. The van der Waals surface area contributed by atoms with Crippen LogP contribution in [0.2, 0.25) is 0 Å². The summed E-state index contributed by atoms with van der Waals surface area (Å²) in [6.45, 7) is 3.35. The molecule has 2 aliphatic rings. The topological polar surface area (TPSA) is 88.5 Å². The summed E-state index contributed by atoms with van der Waals surface area (Å²) >= 11 is 0. The fraction of sp³-hybridized carbons (Fsp3) is 0.375. The van der Waals surface area contributed by atoms with Crippen LogP contribution >= 0.6 is 0 Å². The maximum atomic E-state index is 12.5. The molecule has 0 aromatic heterocycles. The van der Waals surface area contributed by atoms with Gasteiger partial charge in [0.15, 0.2) is 0 Å². The van der Waals surface area contributed by atoms with E-state index in [2.05, 4.69) is 45.7 Å². The highest BCUT2D eigenvalue weighted by atomic mass is 16.2. The molecule has 1 fully saturated rings. The van der Waals surface area contributed by atoms with Gasteiger partial charge in [0.2, 0.25) is 0 Å². The predicted octanol–water partition coefficient (Wildman–Crippen LogP) is 2.44. The van der Waals surface area contributed by atoms with E-state index >= 15 is 0 Å². The van der Waals surface area contributed by atoms with Gasteiger partial charge in [-0.3, -0.25) is 14.5 Å². The van der Waals surface area contributed by atoms with Gasteiger partial charge in [0.25, 0.3) is 0 Å². The predicted molar refractivity (Wildman–Crippen MR) is 120 cm³/mol. The first-order chi connectivity index (χ1) is 15.1. The van der Waals surface area contributed by atoms with E-state index in [0.717, 1.165) is 38.9 Å². The van der Waals surface area contributed by atoms with E-state index in [4.69, 9.17) is 5.26 Å². The van der Waals surface area contributed by atoms with E-state index in [-0.39, 0.29) is 6.04 Å². The van der Waals surface area contributed by atoms with Crippen molar-refractivity contribution in [1.82, 2.24) is 10.2 Å². The van der Waals surface area contributed by atoms with Crippen molar-refractivity contribution in [3.8, 4) is 6.07 Å². The molecule has 2 heterocycles. The fourth-order valence-electron chi connectivity index (χ4n) is 4.44. The van der Waals surface area contributed by atoms with E-state index in [0.29, 0.717) is 17.8 Å². The molecule has 7 heteroatoms. The molecule has 7 nitrogen and oxygen atoms in total. The van der Waals surface area contributed by atoms with Gasteiger partial charge in [-0.15, -0.1) is 0 Å². The highest BCUT2D eigenvalue weighted by Gasteiger charge is 2.27. The number of carbonyl (C=O) groups excluding carboxylic acids is 2. The van der Waals surface area contributed by atoms with Crippen LogP contribution in [-0.2, 0) is 16.0 Å². The van der Waals surface area contributed by atoms with Crippen molar-refractivity contribution in [1.29, 1.82) is 5.26 Å². The number of rotatable bonds is 5. The average Bonchev–Trinajstić information content (AvgIpc) is 3.44. The van der Waals surface area contributed by atoms with Crippen LogP contribution < -0.4 is 15.5 Å². The smallest absolute Gasteiger partial charge is 0.313 e. The molecule has 160 valence electrons. The van der Waals surface area contributed by atoms with E-state index in [1.165, 1.54) is 16.8 Å². The highest BCUT2D eigenvalue weighted by molar-refractivity contribution is 6.39. The first-order valence-electron chi connectivity index (χ1n) is 10.7. The van der Waals surface area contributed by atoms with Crippen molar-refractivity contribution in [3.05, 3.63) is 59.2 Å². The molecular formula is C24H27N5O2. The van der Waals surface area contributed by atoms with Crippen molar-refractivity contribution in [3.63, 3.8) is 0 Å². The minimum absolute atomic E-state index is 0.0295. The quantitative estimate of drug-likeness (QED) is 0.730. The Hall–Kier alpha value is -3.37. The summed E-state index contributed by atoms with van der Waals surface area (Å²) in [6.07, 6.45) is 3.31. The lowest BCUT2D eigenvalue weighted by molar-refractivity contribution is -0.136. The lowest BCUT2D eigenvalue weighted by atomic mass is 10.0. The van der Waals surface area contributed by atoms with Crippen molar-refractivity contribution >= 4 is 23.2 Å². The van der Waals surface area contributed by atoms with E-state index in [1.54, 1.807) is 24.3 Å². The summed E-state index contributed by atoms with van der Waals surface area (Å²) in [5.41, 5.74) is 4.43. The van der Waals surface area contributed by atoms with Gasteiger partial charge in [0.05, 0.1) is 17.3 Å². The van der Waals surface area contributed by atoms with E-state index in [9.17, 15) is 9.59 Å². The minimum Gasteiger partial charge on any atom is -0.374 e. The number of benzene rings is 2. The largest absolute Gasteiger partial charge is 0.374 e. The van der Waals surface area contributed by atoms with Crippen LogP contribution in [0.5, 0.6) is 0 Å². The summed E-state index contributed by atoms with van der Waals surface area (Å²) in [5, 5.41) is 14.5. The Bertz CT molecular complexity index is 1020. The van der Waals surface area contributed by atoms with E-state index in [1.807, 2.05) is 6.07 Å². The number of hydrogen-bond donors (Lipinski definition) is 2. The summed E-state index contributed by atoms with van der Waals surface area (Å²) in [4.78, 5) is 29.5. The number of fused-ring (bicyclic) bond motifs is 1. The maximum absolute atomic E-state index is 12.5. The standard InChI is InChI=1S/C24H27N5O2/c1-28-13-10-18-14-17(8-9-21(18)28)22(29-11-4-5-12-29)16-26-23(30)24(31)27-20-7-3-2-6-19(20)15-25/h2-3,6-9,14,22H,4-5,10-13,16H2,1H3,(H,26,30)(H,27,31).